The Balaban J connectivity index is 1.06. The highest BCUT2D eigenvalue weighted by Gasteiger charge is 2.47. The molecule has 4 heterocycles. The Kier molecular flexibility index (Phi) is 9.18. The maximum Gasteiger partial charge on any atom is 0.277 e. The van der Waals surface area contributed by atoms with Crippen molar-refractivity contribution < 1.29 is 0 Å². The molecule has 2 aliphatic heterocycles. The summed E-state index contributed by atoms with van der Waals surface area (Å²) >= 11 is 3.98. The summed E-state index contributed by atoms with van der Waals surface area (Å²) in [6, 6.07) is 65.1. The number of fused-ring (bicyclic) bond motifs is 14. The number of hydrogen-bond donors (Lipinski definition) is 0. The average molecular weight is 927 g/mol. The van der Waals surface area contributed by atoms with Crippen LogP contribution in [0, 0.1) is 0 Å². The monoisotopic (exact) mass is 926 g/mol. The normalized spacial score (nSPS) is 13.8. The molecule has 0 unspecified atom stereocenters. The number of benzene rings is 9. The lowest BCUT2D eigenvalue weighted by Crippen LogP contribution is -2.59. The van der Waals surface area contributed by atoms with Gasteiger partial charge in [0.15, 0.2) is 0 Å². The average Bonchev–Trinajstić information content (AvgIpc) is 3.92. The lowest BCUT2D eigenvalue weighted by molar-refractivity contribution is 0.590. The van der Waals surface area contributed by atoms with E-state index < -0.39 is 0 Å². The zero-order valence-corrected chi connectivity index (χ0v) is 42.6. The van der Waals surface area contributed by atoms with Crippen molar-refractivity contribution in [3.63, 3.8) is 0 Å². The second kappa shape index (κ2) is 14.9. The summed E-state index contributed by atoms with van der Waals surface area (Å²) in [5.41, 5.74) is 15.5. The molecule has 2 aromatic heterocycles. The first kappa shape index (κ1) is 42.4. The van der Waals surface area contributed by atoms with Gasteiger partial charge < -0.3 is 9.80 Å². The minimum absolute atomic E-state index is 0.000469. The molecule has 11 aromatic rings. The van der Waals surface area contributed by atoms with Gasteiger partial charge in [0, 0.05) is 52.5 Å². The summed E-state index contributed by atoms with van der Waals surface area (Å²) in [6.07, 6.45) is 0. The maximum atomic E-state index is 2.61. The fraction of sp³-hybridized carbons (Fsp3) is 0.188. The summed E-state index contributed by atoms with van der Waals surface area (Å²) in [5, 5.41) is 10.4. The van der Waals surface area contributed by atoms with Gasteiger partial charge in [0.05, 0.1) is 11.4 Å². The van der Waals surface area contributed by atoms with Gasteiger partial charge in [-0.1, -0.05) is 172 Å². The van der Waals surface area contributed by atoms with Crippen molar-refractivity contribution in [2.45, 2.75) is 78.6 Å². The van der Waals surface area contributed by atoms with Crippen LogP contribution in [-0.2, 0) is 16.2 Å². The van der Waals surface area contributed by atoms with E-state index in [9.17, 15) is 0 Å². The molecular weight excluding hydrogens is 872 g/mol. The number of anilines is 6. The van der Waals surface area contributed by atoms with Crippen molar-refractivity contribution >= 4 is 131 Å². The second-order valence-corrected chi connectivity index (χ2v) is 24.7. The molecule has 0 aliphatic carbocycles. The van der Waals surface area contributed by atoms with E-state index in [1.54, 1.807) is 0 Å². The quantitative estimate of drug-likeness (QED) is 0.129. The Hall–Kier alpha value is -6.66. The van der Waals surface area contributed by atoms with Gasteiger partial charge in [-0.05, 0) is 143 Å². The third-order valence-electron chi connectivity index (χ3n) is 15.1. The molecule has 69 heavy (non-hydrogen) atoms. The Morgan fingerprint density at radius 2 is 0.783 bits per heavy atom. The van der Waals surface area contributed by atoms with Gasteiger partial charge in [-0.3, -0.25) is 0 Å². The van der Waals surface area contributed by atoms with Gasteiger partial charge in [0.1, 0.15) is 0 Å². The van der Waals surface area contributed by atoms with Gasteiger partial charge in [-0.15, -0.1) is 22.7 Å². The van der Waals surface area contributed by atoms with Crippen LogP contribution in [0.1, 0.15) is 79.0 Å². The first-order valence-electron chi connectivity index (χ1n) is 24.5. The largest absolute Gasteiger partial charge is 0.310 e. The highest BCUT2D eigenvalue weighted by atomic mass is 32.1. The molecule has 2 nitrogen and oxygen atoms in total. The first-order chi connectivity index (χ1) is 33.1. The molecule has 0 spiro atoms. The molecule has 0 atom stereocenters. The number of hydrogen-bond acceptors (Lipinski definition) is 4. The number of nitrogens with zero attached hydrogens (tertiary/aromatic N) is 2. The Morgan fingerprint density at radius 3 is 1.26 bits per heavy atom. The Labute approximate surface area is 414 Å². The van der Waals surface area contributed by atoms with E-state index in [-0.39, 0.29) is 23.0 Å². The van der Waals surface area contributed by atoms with Crippen LogP contribution in [0.4, 0.5) is 34.1 Å². The van der Waals surface area contributed by atoms with E-state index in [1.165, 1.54) is 129 Å². The molecule has 0 N–H and O–H groups in total. The summed E-state index contributed by atoms with van der Waals surface area (Å²) < 4.78 is 5.50. The van der Waals surface area contributed by atoms with Crippen molar-refractivity contribution in [2.75, 3.05) is 9.80 Å². The summed E-state index contributed by atoms with van der Waals surface area (Å²) in [4.78, 5) is 5.22. The topological polar surface area (TPSA) is 6.48 Å². The van der Waals surface area contributed by atoms with Crippen LogP contribution in [0.5, 0.6) is 0 Å². The molecule has 0 saturated heterocycles. The Bertz CT molecular complexity index is 3860. The number of thiophene rings is 2. The van der Waals surface area contributed by atoms with Crippen LogP contribution >= 0.6 is 22.7 Å². The van der Waals surface area contributed by atoms with Crippen LogP contribution in [0.2, 0.25) is 0 Å². The van der Waals surface area contributed by atoms with Crippen LogP contribution in [0.3, 0.4) is 0 Å². The molecule has 336 valence electrons. The fourth-order valence-electron chi connectivity index (χ4n) is 11.5. The predicted octanol–water partition coefficient (Wildman–Crippen LogP) is 17.2. The SMILES string of the molecule is CC(C)(C)c1ccc(N2c3cccc4c3B(c3sc5ccc(C(C)(C)C)cc5c3N4c3ccc(-c4cccc5c6ccccc6c6ccccc6c45)cc3)c3sc4ccc(C(C)(C)C)cc4c32)cc1. The number of rotatable bonds is 3. The van der Waals surface area contributed by atoms with Gasteiger partial charge in [-0.25, -0.2) is 0 Å². The molecule has 0 fully saturated rings. The molecule has 0 bridgehead atoms. The minimum atomic E-state index is 0.000469. The first-order valence-corrected chi connectivity index (χ1v) is 26.2. The van der Waals surface area contributed by atoms with Crippen molar-refractivity contribution in [1.29, 1.82) is 0 Å². The summed E-state index contributed by atoms with van der Waals surface area (Å²) in [5.74, 6) is 0. The molecule has 0 radical (unpaired) electrons. The van der Waals surface area contributed by atoms with E-state index in [0.717, 1.165) is 0 Å². The van der Waals surface area contributed by atoms with E-state index in [1.807, 2.05) is 22.7 Å². The molecule has 13 rings (SSSR count). The lowest BCUT2D eigenvalue weighted by Gasteiger charge is -2.42. The van der Waals surface area contributed by atoms with Gasteiger partial charge >= 0.3 is 0 Å². The predicted molar refractivity (Wildman–Crippen MR) is 305 cm³/mol. The molecule has 5 heteroatoms. The molecule has 0 saturated carbocycles. The molecular formula is C64H55BN2S2. The smallest absolute Gasteiger partial charge is 0.277 e. The van der Waals surface area contributed by atoms with Crippen LogP contribution in [-0.4, -0.2) is 6.71 Å². The van der Waals surface area contributed by atoms with Gasteiger partial charge in [0.2, 0.25) is 0 Å². The van der Waals surface area contributed by atoms with Crippen molar-refractivity contribution in [3.05, 3.63) is 187 Å². The van der Waals surface area contributed by atoms with Gasteiger partial charge in [-0.2, -0.15) is 0 Å². The van der Waals surface area contributed by atoms with Crippen LogP contribution in [0.15, 0.2) is 170 Å². The third-order valence-corrected chi connectivity index (χ3v) is 17.6. The highest BCUT2D eigenvalue weighted by molar-refractivity contribution is 7.40. The summed E-state index contributed by atoms with van der Waals surface area (Å²) in [6.45, 7) is 21.0. The van der Waals surface area contributed by atoms with E-state index in [2.05, 4.69) is 242 Å². The molecule has 2 aliphatic rings. The third kappa shape index (κ3) is 6.43. The Morgan fingerprint density at radius 1 is 0.377 bits per heavy atom. The van der Waals surface area contributed by atoms with Crippen molar-refractivity contribution in [1.82, 2.24) is 0 Å². The summed E-state index contributed by atoms with van der Waals surface area (Å²) in [7, 11) is 0. The van der Waals surface area contributed by atoms with E-state index in [0.29, 0.717) is 0 Å². The van der Waals surface area contributed by atoms with Crippen molar-refractivity contribution in [3.8, 4) is 11.1 Å². The van der Waals surface area contributed by atoms with Gasteiger partial charge in [0.25, 0.3) is 6.71 Å². The minimum Gasteiger partial charge on any atom is -0.310 e. The van der Waals surface area contributed by atoms with Crippen LogP contribution in [0.25, 0.3) is 63.6 Å². The van der Waals surface area contributed by atoms with E-state index >= 15 is 0 Å². The molecule has 9 aromatic carbocycles. The van der Waals surface area contributed by atoms with Crippen LogP contribution < -0.4 is 24.8 Å². The maximum absolute atomic E-state index is 2.61. The standard InChI is InChI=1S/C64H55BN2S2/c1-62(2,3)39-26-32-43(33-27-39)67-53-23-15-22-52-57(53)65(61-59(67)51-37-41(64(7,8)9)29-35-55(51)69-61)60-58(50-36-40(63(4,5)6)28-34-54(50)68-60)66(52)42-30-24-38(25-31-42)44-20-14-21-49-47-17-11-10-16-45(47)46-18-12-13-19-48(46)56(44)49/h10-37H,1-9H3. The second-order valence-electron chi connectivity index (χ2n) is 22.5. The lowest BCUT2D eigenvalue weighted by atomic mass is 9.39. The zero-order chi connectivity index (χ0) is 47.3. The van der Waals surface area contributed by atoms with E-state index in [4.69, 9.17) is 0 Å². The zero-order valence-electron chi connectivity index (χ0n) is 41.0. The fourth-order valence-corrected chi connectivity index (χ4v) is 14.1. The molecule has 0 amide bonds. The highest BCUT2D eigenvalue weighted by Crippen LogP contribution is 2.51. The van der Waals surface area contributed by atoms with Crippen molar-refractivity contribution in [2.24, 2.45) is 0 Å².